The van der Waals surface area contributed by atoms with Gasteiger partial charge in [-0.25, -0.2) is 4.98 Å². The molecule has 1 aliphatic carbocycles. The Bertz CT molecular complexity index is 542. The Morgan fingerprint density at radius 1 is 1.29 bits per heavy atom. The molecule has 0 spiro atoms. The molecule has 1 N–H and O–H groups in total. The number of hydrogen-bond donors (Lipinski definition) is 1. The molecular weight excluding hydrogens is 278 g/mol. The molecule has 2 aromatic heterocycles. The number of pyridine rings is 1. The summed E-state index contributed by atoms with van der Waals surface area (Å²) in [5.74, 6) is 1.84. The summed E-state index contributed by atoms with van der Waals surface area (Å²) in [6.45, 7) is 6.32. The van der Waals surface area contributed by atoms with Crippen LogP contribution in [0, 0.1) is 5.92 Å². The van der Waals surface area contributed by atoms with Crippen molar-refractivity contribution >= 4 is 22.8 Å². The van der Waals surface area contributed by atoms with Crippen LogP contribution < -0.4 is 10.2 Å². The molecule has 21 heavy (non-hydrogen) atoms. The van der Waals surface area contributed by atoms with Crippen molar-refractivity contribution < 1.29 is 0 Å². The van der Waals surface area contributed by atoms with Gasteiger partial charge in [0.1, 0.15) is 5.82 Å². The first-order valence-corrected chi connectivity index (χ1v) is 8.70. The van der Waals surface area contributed by atoms with Gasteiger partial charge in [-0.2, -0.15) is 0 Å². The Hall–Kier alpha value is -1.55. The minimum atomic E-state index is 0.450. The first-order valence-electron chi connectivity index (χ1n) is 7.82. The molecule has 1 unspecified atom stereocenters. The first kappa shape index (κ1) is 14.4. The van der Waals surface area contributed by atoms with Crippen LogP contribution in [0.1, 0.15) is 37.6 Å². The molecule has 3 rings (SSSR count). The summed E-state index contributed by atoms with van der Waals surface area (Å²) in [6, 6.07) is 9.10. The lowest BCUT2D eigenvalue weighted by Crippen LogP contribution is -2.22. The molecule has 1 atom stereocenters. The highest BCUT2D eigenvalue weighted by atomic mass is 32.1. The van der Waals surface area contributed by atoms with Gasteiger partial charge >= 0.3 is 0 Å². The van der Waals surface area contributed by atoms with E-state index in [4.69, 9.17) is 0 Å². The van der Waals surface area contributed by atoms with Crippen molar-refractivity contribution in [3.05, 3.63) is 40.7 Å². The van der Waals surface area contributed by atoms with E-state index in [-0.39, 0.29) is 0 Å². The van der Waals surface area contributed by atoms with Crippen LogP contribution >= 0.6 is 11.3 Å². The fourth-order valence-electron chi connectivity index (χ4n) is 2.70. The highest BCUT2D eigenvalue weighted by molar-refractivity contribution is 7.10. The van der Waals surface area contributed by atoms with E-state index in [2.05, 4.69) is 58.7 Å². The Kier molecular flexibility index (Phi) is 4.44. The molecule has 1 fully saturated rings. The fraction of sp³-hybridized carbons (Fsp3) is 0.471. The van der Waals surface area contributed by atoms with Crippen LogP contribution in [0.2, 0.25) is 0 Å². The van der Waals surface area contributed by atoms with Crippen LogP contribution in [0.15, 0.2) is 35.8 Å². The number of aromatic nitrogens is 1. The van der Waals surface area contributed by atoms with Gasteiger partial charge in [-0.3, -0.25) is 0 Å². The Labute approximate surface area is 131 Å². The zero-order valence-electron chi connectivity index (χ0n) is 12.7. The molecule has 0 aliphatic heterocycles. The van der Waals surface area contributed by atoms with Gasteiger partial charge in [0.2, 0.25) is 0 Å². The van der Waals surface area contributed by atoms with Gasteiger partial charge in [-0.05, 0) is 56.2 Å². The van der Waals surface area contributed by atoms with Crippen molar-refractivity contribution in [2.45, 2.75) is 32.7 Å². The number of nitrogens with one attached hydrogen (secondary N) is 1. The normalized spacial score (nSPS) is 15.7. The standard InChI is InChI=1S/C17H23N3S/c1-3-20(4-2)16-10-9-14(12-18-16)19-17(13-7-8-13)15-6-5-11-21-15/h5-6,9-13,17,19H,3-4,7-8H2,1-2H3. The van der Waals surface area contributed by atoms with Crippen molar-refractivity contribution in [2.24, 2.45) is 5.92 Å². The molecule has 3 nitrogen and oxygen atoms in total. The summed E-state index contributed by atoms with van der Waals surface area (Å²) in [5.41, 5.74) is 1.12. The van der Waals surface area contributed by atoms with E-state index in [1.165, 1.54) is 17.7 Å². The van der Waals surface area contributed by atoms with E-state index in [1.807, 2.05) is 17.5 Å². The van der Waals surface area contributed by atoms with Gasteiger partial charge in [0, 0.05) is 18.0 Å². The monoisotopic (exact) mass is 301 g/mol. The van der Waals surface area contributed by atoms with Gasteiger partial charge in [-0.15, -0.1) is 11.3 Å². The summed E-state index contributed by atoms with van der Waals surface area (Å²) in [5, 5.41) is 5.84. The summed E-state index contributed by atoms with van der Waals surface area (Å²) in [6.07, 6.45) is 4.64. The van der Waals surface area contributed by atoms with E-state index in [9.17, 15) is 0 Å². The van der Waals surface area contributed by atoms with Crippen LogP contribution in [0.5, 0.6) is 0 Å². The molecule has 1 aliphatic rings. The van der Waals surface area contributed by atoms with Crippen LogP contribution in [-0.4, -0.2) is 18.1 Å². The number of hydrogen-bond acceptors (Lipinski definition) is 4. The van der Waals surface area contributed by atoms with Gasteiger partial charge in [-0.1, -0.05) is 6.07 Å². The van der Waals surface area contributed by atoms with Crippen molar-refractivity contribution in [1.29, 1.82) is 0 Å². The third-order valence-corrected chi connectivity index (χ3v) is 5.06. The summed E-state index contributed by atoms with van der Waals surface area (Å²) < 4.78 is 0. The minimum absolute atomic E-state index is 0.450. The van der Waals surface area contributed by atoms with Crippen molar-refractivity contribution in [2.75, 3.05) is 23.3 Å². The summed E-state index contributed by atoms with van der Waals surface area (Å²) >= 11 is 1.84. The largest absolute Gasteiger partial charge is 0.376 e. The molecule has 0 radical (unpaired) electrons. The second kappa shape index (κ2) is 6.48. The molecule has 4 heteroatoms. The maximum atomic E-state index is 4.60. The van der Waals surface area contributed by atoms with Crippen molar-refractivity contribution in [3.63, 3.8) is 0 Å². The quantitative estimate of drug-likeness (QED) is 0.813. The fourth-order valence-corrected chi connectivity index (χ4v) is 3.57. The van der Waals surface area contributed by atoms with Gasteiger partial charge in [0.15, 0.2) is 0 Å². The van der Waals surface area contributed by atoms with Crippen LogP contribution in [0.3, 0.4) is 0 Å². The SMILES string of the molecule is CCN(CC)c1ccc(NC(c2cccs2)C2CC2)cn1. The molecule has 0 saturated heterocycles. The third-order valence-electron chi connectivity index (χ3n) is 4.10. The number of thiophene rings is 1. The summed E-state index contributed by atoms with van der Waals surface area (Å²) in [7, 11) is 0. The van der Waals surface area contributed by atoms with Crippen LogP contribution in [0.25, 0.3) is 0 Å². The predicted octanol–water partition coefficient (Wildman–Crippen LogP) is 4.55. The van der Waals surface area contributed by atoms with Gasteiger partial charge in [0.25, 0.3) is 0 Å². The Balaban J connectivity index is 1.72. The molecule has 0 bridgehead atoms. The van der Waals surface area contributed by atoms with Crippen molar-refractivity contribution in [1.82, 2.24) is 4.98 Å². The van der Waals surface area contributed by atoms with E-state index >= 15 is 0 Å². The smallest absolute Gasteiger partial charge is 0.128 e. The zero-order valence-corrected chi connectivity index (χ0v) is 13.6. The maximum absolute atomic E-state index is 4.60. The van der Waals surface area contributed by atoms with Crippen molar-refractivity contribution in [3.8, 4) is 0 Å². The van der Waals surface area contributed by atoms with E-state index < -0.39 is 0 Å². The minimum Gasteiger partial charge on any atom is -0.376 e. The highest BCUT2D eigenvalue weighted by Crippen LogP contribution is 2.44. The number of nitrogens with zero attached hydrogens (tertiary/aromatic N) is 2. The average molecular weight is 301 g/mol. The lowest BCUT2D eigenvalue weighted by molar-refractivity contribution is 0.690. The first-order chi connectivity index (χ1) is 10.3. The average Bonchev–Trinajstić information content (AvgIpc) is 3.21. The second-order valence-corrected chi connectivity index (χ2v) is 6.53. The third kappa shape index (κ3) is 3.38. The van der Waals surface area contributed by atoms with E-state index in [0.717, 1.165) is 30.5 Å². The topological polar surface area (TPSA) is 28.2 Å². The van der Waals surface area contributed by atoms with E-state index in [0.29, 0.717) is 6.04 Å². The number of rotatable bonds is 7. The van der Waals surface area contributed by atoms with Gasteiger partial charge < -0.3 is 10.2 Å². The Morgan fingerprint density at radius 2 is 2.10 bits per heavy atom. The predicted molar refractivity (Wildman–Crippen MR) is 91.2 cm³/mol. The molecule has 0 amide bonds. The van der Waals surface area contributed by atoms with Crippen LogP contribution in [0.4, 0.5) is 11.5 Å². The maximum Gasteiger partial charge on any atom is 0.128 e. The highest BCUT2D eigenvalue weighted by Gasteiger charge is 2.32. The van der Waals surface area contributed by atoms with Gasteiger partial charge in [0.05, 0.1) is 17.9 Å². The molecule has 0 aromatic carbocycles. The molecule has 1 saturated carbocycles. The molecule has 2 aromatic rings. The molecular formula is C17H23N3S. The second-order valence-electron chi connectivity index (χ2n) is 5.55. The number of anilines is 2. The lowest BCUT2D eigenvalue weighted by atomic mass is 10.1. The zero-order chi connectivity index (χ0) is 14.7. The van der Waals surface area contributed by atoms with E-state index in [1.54, 1.807) is 0 Å². The Morgan fingerprint density at radius 3 is 2.62 bits per heavy atom. The molecule has 112 valence electrons. The van der Waals surface area contributed by atoms with Crippen LogP contribution in [-0.2, 0) is 0 Å². The summed E-state index contributed by atoms with van der Waals surface area (Å²) in [4.78, 5) is 8.30. The molecule has 2 heterocycles. The lowest BCUT2D eigenvalue weighted by Gasteiger charge is -2.21.